The fourth-order valence-electron chi connectivity index (χ4n) is 3.37. The lowest BCUT2D eigenvalue weighted by Gasteiger charge is -2.40. The largest absolute Gasteiger partial charge is 0.486 e. The van der Waals surface area contributed by atoms with Crippen LogP contribution >= 0.6 is 11.6 Å². The summed E-state index contributed by atoms with van der Waals surface area (Å²) in [6.45, 7) is 4.30. The molecule has 2 aromatic carbocycles. The number of benzene rings is 2. The zero-order valence-electron chi connectivity index (χ0n) is 16.6. The molecule has 4 N–H and O–H groups in total. The van der Waals surface area contributed by atoms with Gasteiger partial charge >= 0.3 is 6.03 Å². The highest BCUT2D eigenvalue weighted by Gasteiger charge is 2.37. The number of ketones is 1. The molecule has 0 spiro atoms. The number of primary amides is 1. The summed E-state index contributed by atoms with van der Waals surface area (Å²) in [5.41, 5.74) is 5.66. The molecule has 1 aliphatic heterocycles. The van der Waals surface area contributed by atoms with Gasteiger partial charge in [0.1, 0.15) is 18.2 Å². The lowest BCUT2D eigenvalue weighted by atomic mass is 9.93. The van der Waals surface area contributed by atoms with Crippen LogP contribution in [0.4, 0.5) is 14.9 Å². The second kappa shape index (κ2) is 9.42. The van der Waals surface area contributed by atoms with Crippen molar-refractivity contribution < 1.29 is 18.7 Å². The van der Waals surface area contributed by atoms with Crippen LogP contribution in [0, 0.1) is 5.82 Å². The lowest BCUT2D eigenvalue weighted by molar-refractivity contribution is -0.128. The fourth-order valence-corrected chi connectivity index (χ4v) is 3.59. The number of ether oxygens (including phenoxy) is 1. The minimum absolute atomic E-state index is 0.0956. The zero-order valence-corrected chi connectivity index (χ0v) is 17.3. The van der Waals surface area contributed by atoms with Crippen molar-refractivity contribution in [1.29, 1.82) is 0 Å². The molecule has 1 fully saturated rings. The molecule has 1 aliphatic rings. The van der Waals surface area contributed by atoms with Crippen LogP contribution in [0.3, 0.4) is 0 Å². The predicted octanol–water partition coefficient (Wildman–Crippen LogP) is 2.78. The smallest absolute Gasteiger partial charge is 0.316 e. The van der Waals surface area contributed by atoms with Crippen LogP contribution in [0.5, 0.6) is 5.75 Å². The van der Waals surface area contributed by atoms with Crippen molar-refractivity contribution in [2.45, 2.75) is 19.0 Å². The Morgan fingerprint density at radius 1 is 1.30 bits per heavy atom. The van der Waals surface area contributed by atoms with E-state index in [2.05, 4.69) is 15.5 Å². The Bertz CT molecular complexity index is 925. The predicted molar refractivity (Wildman–Crippen MR) is 113 cm³/mol. The Hall–Kier alpha value is -2.68. The molecule has 1 unspecified atom stereocenters. The number of hydrogen-bond acceptors (Lipinski definition) is 5. The first-order valence-corrected chi connectivity index (χ1v) is 9.87. The molecule has 30 heavy (non-hydrogen) atoms. The Morgan fingerprint density at radius 2 is 2.03 bits per heavy atom. The average molecular weight is 435 g/mol. The van der Waals surface area contributed by atoms with Crippen LogP contribution in [-0.2, 0) is 11.3 Å². The van der Waals surface area contributed by atoms with Crippen LogP contribution in [0.2, 0.25) is 5.02 Å². The molecule has 1 heterocycles. The summed E-state index contributed by atoms with van der Waals surface area (Å²) in [5, 5.41) is 5.93. The molecule has 0 aliphatic carbocycles. The molecule has 2 amide bonds. The van der Waals surface area contributed by atoms with Gasteiger partial charge in [0.15, 0.2) is 5.78 Å². The molecule has 160 valence electrons. The van der Waals surface area contributed by atoms with Crippen molar-refractivity contribution in [3.05, 3.63) is 58.9 Å². The number of nitrogens with zero attached hydrogens (tertiary/aromatic N) is 1. The molecular weight excluding hydrogens is 411 g/mol. The number of carbonyl (C=O) groups excluding carboxylic acids is 2. The summed E-state index contributed by atoms with van der Waals surface area (Å²) in [6, 6.07) is 10.3. The molecule has 7 nitrogen and oxygen atoms in total. The zero-order chi connectivity index (χ0) is 21.7. The monoisotopic (exact) mass is 434 g/mol. The van der Waals surface area contributed by atoms with E-state index >= 15 is 0 Å². The number of urea groups is 1. The molecule has 1 atom stereocenters. The quantitative estimate of drug-likeness (QED) is 0.622. The van der Waals surface area contributed by atoms with Gasteiger partial charge in [-0.2, -0.15) is 0 Å². The first-order chi connectivity index (χ1) is 14.2. The molecule has 3 rings (SSSR count). The van der Waals surface area contributed by atoms with E-state index in [1.54, 1.807) is 24.3 Å². The van der Waals surface area contributed by atoms with Crippen molar-refractivity contribution in [2.24, 2.45) is 5.73 Å². The average Bonchev–Trinajstić information content (AvgIpc) is 2.69. The minimum atomic E-state index is -0.768. The SMILES string of the molecule is CC1(C(=O)COc2ccc(NC(N)=O)c(Cl)c2)CN(Cc2ccc(F)cc2)CCN1. The summed E-state index contributed by atoms with van der Waals surface area (Å²) >= 11 is 6.09. The number of rotatable bonds is 7. The summed E-state index contributed by atoms with van der Waals surface area (Å²) in [4.78, 5) is 26.0. The van der Waals surface area contributed by atoms with Gasteiger partial charge in [0.05, 0.1) is 16.2 Å². The maximum absolute atomic E-state index is 13.1. The van der Waals surface area contributed by atoms with E-state index in [0.29, 0.717) is 31.1 Å². The molecule has 0 radical (unpaired) electrons. The molecule has 0 saturated carbocycles. The van der Waals surface area contributed by atoms with E-state index in [4.69, 9.17) is 22.1 Å². The standard InChI is InChI=1S/C21H24ClFN4O3/c1-21(13-27(9-8-25-21)11-14-2-4-15(23)5-3-14)19(28)12-30-16-6-7-18(17(22)10-16)26-20(24)29/h2-7,10,25H,8-9,11-13H2,1H3,(H3,24,26,29). The van der Waals surface area contributed by atoms with Gasteiger partial charge in [0.25, 0.3) is 0 Å². The maximum Gasteiger partial charge on any atom is 0.316 e. The second-order valence-electron chi connectivity index (χ2n) is 7.44. The molecule has 1 saturated heterocycles. The van der Waals surface area contributed by atoms with Gasteiger partial charge in [-0.3, -0.25) is 9.69 Å². The van der Waals surface area contributed by atoms with Crippen LogP contribution in [0.15, 0.2) is 42.5 Å². The fraction of sp³-hybridized carbons (Fsp3) is 0.333. The van der Waals surface area contributed by atoms with Gasteiger partial charge in [-0.1, -0.05) is 23.7 Å². The lowest BCUT2D eigenvalue weighted by Crippen LogP contribution is -2.63. The number of halogens is 2. The molecule has 0 bridgehead atoms. The van der Waals surface area contributed by atoms with E-state index in [1.807, 2.05) is 6.92 Å². The summed E-state index contributed by atoms with van der Waals surface area (Å²) in [6.07, 6.45) is 0. The molecule has 9 heteroatoms. The van der Waals surface area contributed by atoms with Gasteiger partial charge in [-0.05, 0) is 36.8 Å². The highest BCUT2D eigenvalue weighted by atomic mass is 35.5. The van der Waals surface area contributed by atoms with Crippen molar-refractivity contribution >= 4 is 29.1 Å². The van der Waals surface area contributed by atoms with Crippen LogP contribution in [0.1, 0.15) is 12.5 Å². The third-order valence-corrected chi connectivity index (χ3v) is 5.30. The van der Waals surface area contributed by atoms with Crippen molar-refractivity contribution in [1.82, 2.24) is 10.2 Å². The summed E-state index contributed by atoms with van der Waals surface area (Å²) < 4.78 is 18.7. The third kappa shape index (κ3) is 5.69. The van der Waals surface area contributed by atoms with E-state index < -0.39 is 11.6 Å². The minimum Gasteiger partial charge on any atom is -0.486 e. The van der Waals surface area contributed by atoms with Crippen molar-refractivity contribution in [2.75, 3.05) is 31.6 Å². The first kappa shape index (κ1) is 22.0. The number of nitrogens with one attached hydrogen (secondary N) is 2. The van der Waals surface area contributed by atoms with Crippen LogP contribution in [0.25, 0.3) is 0 Å². The number of amides is 2. The Labute approximate surface area is 179 Å². The Kier molecular flexibility index (Phi) is 6.91. The number of piperazine rings is 1. The molecule has 2 aromatic rings. The van der Waals surface area contributed by atoms with Crippen LogP contribution in [-0.4, -0.2) is 48.5 Å². The highest BCUT2D eigenvalue weighted by Crippen LogP contribution is 2.27. The van der Waals surface area contributed by atoms with Crippen molar-refractivity contribution in [3.8, 4) is 5.75 Å². The van der Waals surface area contributed by atoms with Gasteiger partial charge in [-0.25, -0.2) is 9.18 Å². The van der Waals surface area contributed by atoms with E-state index in [0.717, 1.165) is 12.1 Å². The maximum atomic E-state index is 13.1. The van der Waals surface area contributed by atoms with Crippen LogP contribution < -0.4 is 21.1 Å². The first-order valence-electron chi connectivity index (χ1n) is 9.49. The van der Waals surface area contributed by atoms with E-state index in [1.165, 1.54) is 18.2 Å². The van der Waals surface area contributed by atoms with Gasteiger partial charge < -0.3 is 21.1 Å². The third-order valence-electron chi connectivity index (χ3n) is 4.99. The Morgan fingerprint density at radius 3 is 2.70 bits per heavy atom. The summed E-state index contributed by atoms with van der Waals surface area (Å²) in [5.74, 6) is 0.0440. The second-order valence-corrected chi connectivity index (χ2v) is 7.85. The topological polar surface area (TPSA) is 96.7 Å². The number of anilines is 1. The van der Waals surface area contributed by atoms with Gasteiger partial charge in [-0.15, -0.1) is 0 Å². The number of carbonyl (C=O) groups is 2. The number of hydrogen-bond donors (Lipinski definition) is 3. The normalized spacial score (nSPS) is 19.3. The van der Waals surface area contributed by atoms with Gasteiger partial charge in [0.2, 0.25) is 0 Å². The van der Waals surface area contributed by atoms with E-state index in [-0.39, 0.29) is 23.2 Å². The Balaban J connectivity index is 1.58. The number of Topliss-reactive ketones (excluding diaryl/α,β-unsaturated/α-hetero) is 1. The van der Waals surface area contributed by atoms with Gasteiger partial charge in [0, 0.05) is 32.2 Å². The summed E-state index contributed by atoms with van der Waals surface area (Å²) in [7, 11) is 0. The number of nitrogens with two attached hydrogens (primary N) is 1. The van der Waals surface area contributed by atoms with Crippen molar-refractivity contribution in [3.63, 3.8) is 0 Å². The van der Waals surface area contributed by atoms with E-state index in [9.17, 15) is 14.0 Å². The molecule has 0 aromatic heterocycles. The molecular formula is C21H24ClFN4O3. The highest BCUT2D eigenvalue weighted by molar-refractivity contribution is 6.33.